The molecule has 5 nitrogen and oxygen atoms in total. The van der Waals surface area contributed by atoms with Crippen molar-refractivity contribution in [3.05, 3.63) is 57.2 Å². The number of rotatable bonds is 7. The molecule has 1 saturated carbocycles. The minimum absolute atomic E-state index is 0.0840. The van der Waals surface area contributed by atoms with Gasteiger partial charge in [0, 0.05) is 10.8 Å². The number of carbonyl (C=O) groups excluding carboxylic acids is 1. The zero-order valence-electron chi connectivity index (χ0n) is 14.3. The molecule has 3 rings (SSSR count). The van der Waals surface area contributed by atoms with Crippen LogP contribution in [0.5, 0.6) is 0 Å². The second-order valence-corrected chi connectivity index (χ2v) is 8.14. The van der Waals surface area contributed by atoms with Gasteiger partial charge < -0.3 is 15.2 Å². The minimum atomic E-state index is -1.10. The molecule has 1 aliphatic carbocycles. The predicted molar refractivity (Wildman–Crippen MR) is 101 cm³/mol. The average Bonchev–Trinajstić information content (AvgIpc) is 3.22. The molecule has 2 aromatic rings. The van der Waals surface area contributed by atoms with Crippen LogP contribution >= 0.6 is 22.9 Å². The highest BCUT2D eigenvalue weighted by atomic mass is 35.5. The lowest BCUT2D eigenvalue weighted by atomic mass is 9.83. The van der Waals surface area contributed by atoms with Crippen molar-refractivity contribution in [1.29, 1.82) is 0 Å². The molecule has 138 valence electrons. The smallest absolute Gasteiger partial charge is 0.408 e. The van der Waals surface area contributed by atoms with Crippen LogP contribution in [0, 0.1) is 5.41 Å². The predicted octanol–water partition coefficient (Wildman–Crippen LogP) is 4.66. The first-order valence-electron chi connectivity index (χ1n) is 8.33. The Morgan fingerprint density at radius 2 is 2.00 bits per heavy atom. The molecule has 2 N–H and O–H groups in total. The number of halogens is 1. The molecule has 0 saturated heterocycles. The normalized spacial score (nSPS) is 17.2. The molecular weight excluding hydrogens is 374 g/mol. The number of thiophene rings is 1. The van der Waals surface area contributed by atoms with Crippen LogP contribution in [0.4, 0.5) is 4.79 Å². The molecule has 1 aromatic heterocycles. The van der Waals surface area contributed by atoms with Crippen molar-refractivity contribution in [2.24, 2.45) is 5.41 Å². The lowest BCUT2D eigenvalue weighted by Crippen LogP contribution is -2.47. The Hall–Kier alpha value is -2.05. The molecule has 1 amide bonds. The van der Waals surface area contributed by atoms with Crippen molar-refractivity contribution < 1.29 is 19.4 Å². The highest BCUT2D eigenvalue weighted by molar-refractivity contribution is 7.10. The van der Waals surface area contributed by atoms with Gasteiger partial charge in [-0.15, -0.1) is 11.3 Å². The lowest BCUT2D eigenvalue weighted by molar-refractivity contribution is -0.140. The maximum Gasteiger partial charge on any atom is 0.408 e. The molecule has 1 fully saturated rings. The third-order valence-corrected chi connectivity index (χ3v) is 6.24. The van der Waals surface area contributed by atoms with Gasteiger partial charge in [-0.1, -0.05) is 48.9 Å². The number of carbonyl (C=O) groups is 2. The Balaban J connectivity index is 1.74. The number of hydrogen-bond donors (Lipinski definition) is 2. The summed E-state index contributed by atoms with van der Waals surface area (Å²) >= 11 is 7.69. The van der Waals surface area contributed by atoms with E-state index in [1.807, 2.05) is 42.6 Å². The molecule has 0 spiro atoms. The largest absolute Gasteiger partial charge is 0.480 e. The number of alkyl carbamates (subject to hydrolysis) is 1. The maximum atomic E-state index is 12.2. The van der Waals surface area contributed by atoms with Crippen molar-refractivity contribution in [3.8, 4) is 0 Å². The fourth-order valence-corrected chi connectivity index (χ4v) is 4.57. The van der Waals surface area contributed by atoms with Gasteiger partial charge >= 0.3 is 12.1 Å². The van der Waals surface area contributed by atoms with Gasteiger partial charge in [-0.05, 0) is 35.3 Å². The summed E-state index contributed by atoms with van der Waals surface area (Å²) in [7, 11) is 0. The SMILES string of the molecule is CC1(C(c2sccc2Cl)C(NC(=O)OCc2ccccc2)C(=O)O)CC1. The Bertz CT molecular complexity index is 788. The van der Waals surface area contributed by atoms with E-state index in [9.17, 15) is 14.7 Å². The van der Waals surface area contributed by atoms with Crippen LogP contribution in [0.15, 0.2) is 41.8 Å². The lowest BCUT2D eigenvalue weighted by Gasteiger charge is -2.29. The molecule has 0 bridgehead atoms. The zero-order chi connectivity index (χ0) is 18.7. The van der Waals surface area contributed by atoms with Crippen LogP contribution in [-0.4, -0.2) is 23.2 Å². The first-order valence-corrected chi connectivity index (χ1v) is 9.59. The molecule has 2 unspecified atom stereocenters. The number of carboxylic acids is 1. The van der Waals surface area contributed by atoms with Crippen LogP contribution in [0.25, 0.3) is 0 Å². The van der Waals surface area contributed by atoms with Gasteiger partial charge in [0.05, 0.1) is 5.02 Å². The van der Waals surface area contributed by atoms with Gasteiger partial charge in [-0.3, -0.25) is 0 Å². The third kappa shape index (κ3) is 4.19. The molecule has 0 radical (unpaired) electrons. The highest BCUT2D eigenvalue weighted by Crippen LogP contribution is 2.58. The van der Waals surface area contributed by atoms with Gasteiger partial charge in [-0.25, -0.2) is 9.59 Å². The van der Waals surface area contributed by atoms with E-state index in [4.69, 9.17) is 16.3 Å². The topological polar surface area (TPSA) is 75.6 Å². The summed E-state index contributed by atoms with van der Waals surface area (Å²) in [6, 6.07) is 9.89. The average molecular weight is 394 g/mol. The zero-order valence-corrected chi connectivity index (χ0v) is 15.8. The summed E-state index contributed by atoms with van der Waals surface area (Å²) < 4.78 is 5.20. The number of aliphatic carboxylic acids is 1. The summed E-state index contributed by atoms with van der Waals surface area (Å²) in [5, 5.41) is 14.7. The van der Waals surface area contributed by atoms with Crippen molar-refractivity contribution in [2.45, 2.75) is 38.3 Å². The van der Waals surface area contributed by atoms with E-state index in [2.05, 4.69) is 5.32 Å². The van der Waals surface area contributed by atoms with Crippen LogP contribution < -0.4 is 5.32 Å². The number of ether oxygens (including phenoxy) is 1. The standard InChI is InChI=1S/C19H20ClNO4S/c1-19(8-9-19)14(16-13(20)7-10-26-16)15(17(22)23)21-18(24)25-11-12-5-3-2-4-6-12/h2-7,10,14-15H,8-9,11H2,1H3,(H,21,24)(H,22,23). The summed E-state index contributed by atoms with van der Waals surface area (Å²) in [5.41, 5.74) is 0.645. The first-order chi connectivity index (χ1) is 12.4. The molecule has 1 heterocycles. The Morgan fingerprint density at radius 1 is 1.31 bits per heavy atom. The van der Waals surface area contributed by atoms with E-state index >= 15 is 0 Å². The number of nitrogens with one attached hydrogen (secondary N) is 1. The van der Waals surface area contributed by atoms with Gasteiger partial charge in [0.2, 0.25) is 0 Å². The monoisotopic (exact) mass is 393 g/mol. The van der Waals surface area contributed by atoms with Crippen LogP contribution in [0.3, 0.4) is 0 Å². The van der Waals surface area contributed by atoms with Crippen LogP contribution in [-0.2, 0) is 16.1 Å². The number of hydrogen-bond acceptors (Lipinski definition) is 4. The molecule has 0 aliphatic heterocycles. The molecule has 1 aliphatic rings. The van der Waals surface area contributed by atoms with Crippen molar-refractivity contribution in [3.63, 3.8) is 0 Å². The van der Waals surface area contributed by atoms with Gasteiger partial charge in [0.1, 0.15) is 12.6 Å². The Morgan fingerprint density at radius 3 is 2.54 bits per heavy atom. The van der Waals surface area contributed by atoms with Crippen molar-refractivity contribution in [2.75, 3.05) is 0 Å². The molecule has 2 atom stereocenters. The van der Waals surface area contributed by atoms with Gasteiger partial charge in [0.25, 0.3) is 0 Å². The van der Waals surface area contributed by atoms with E-state index in [0.717, 1.165) is 23.3 Å². The van der Waals surface area contributed by atoms with Crippen LogP contribution in [0.1, 0.15) is 36.1 Å². The summed E-state index contributed by atoms with van der Waals surface area (Å²) in [6.07, 6.45) is 1.05. The first kappa shape index (κ1) is 18.7. The van der Waals surface area contributed by atoms with E-state index in [1.165, 1.54) is 11.3 Å². The third-order valence-electron chi connectivity index (χ3n) is 4.80. The van der Waals surface area contributed by atoms with E-state index in [0.29, 0.717) is 5.02 Å². The molecule has 26 heavy (non-hydrogen) atoms. The van der Waals surface area contributed by atoms with Gasteiger partial charge in [-0.2, -0.15) is 0 Å². The summed E-state index contributed by atoms with van der Waals surface area (Å²) in [6.45, 7) is 2.11. The highest BCUT2D eigenvalue weighted by Gasteiger charge is 2.52. The van der Waals surface area contributed by atoms with E-state index in [1.54, 1.807) is 6.07 Å². The molecule has 1 aromatic carbocycles. The molecule has 7 heteroatoms. The fraction of sp³-hybridized carbons (Fsp3) is 0.368. The quantitative estimate of drug-likeness (QED) is 0.717. The minimum Gasteiger partial charge on any atom is -0.480 e. The second-order valence-electron chi connectivity index (χ2n) is 6.79. The number of benzene rings is 1. The van der Waals surface area contributed by atoms with Crippen LogP contribution in [0.2, 0.25) is 5.02 Å². The van der Waals surface area contributed by atoms with E-state index < -0.39 is 24.0 Å². The molecular formula is C19H20ClNO4S. The number of amides is 1. The number of carboxylic acid groups (broad SMARTS) is 1. The Kier molecular flexibility index (Phi) is 5.53. The van der Waals surface area contributed by atoms with Crippen molar-refractivity contribution >= 4 is 35.0 Å². The fourth-order valence-electron chi connectivity index (χ4n) is 3.09. The Labute approximate surface area is 160 Å². The van der Waals surface area contributed by atoms with Crippen molar-refractivity contribution in [1.82, 2.24) is 5.32 Å². The van der Waals surface area contributed by atoms with Gasteiger partial charge in [0.15, 0.2) is 0 Å². The summed E-state index contributed by atoms with van der Waals surface area (Å²) in [5.74, 6) is -1.49. The summed E-state index contributed by atoms with van der Waals surface area (Å²) in [4.78, 5) is 24.9. The maximum absolute atomic E-state index is 12.2. The van der Waals surface area contributed by atoms with E-state index in [-0.39, 0.29) is 12.0 Å². The second kappa shape index (κ2) is 7.68.